The number of hydrogen-bond acceptors (Lipinski definition) is 5. The molecule has 24 heavy (non-hydrogen) atoms. The van der Waals surface area contributed by atoms with Gasteiger partial charge in [-0.3, -0.25) is 4.79 Å². The van der Waals surface area contributed by atoms with Gasteiger partial charge in [0.25, 0.3) is 5.91 Å². The molecular weight excluding hydrogens is 332 g/mol. The highest BCUT2D eigenvalue weighted by molar-refractivity contribution is 6.32. The summed E-state index contributed by atoms with van der Waals surface area (Å²) in [5, 5.41) is 30.6. The van der Waals surface area contributed by atoms with Crippen molar-refractivity contribution in [2.24, 2.45) is 0 Å². The van der Waals surface area contributed by atoms with Crippen LogP contribution in [0.25, 0.3) is 6.08 Å². The maximum Gasteiger partial charge on any atom is 0.266 e. The van der Waals surface area contributed by atoms with Gasteiger partial charge in [0.2, 0.25) is 0 Å². The van der Waals surface area contributed by atoms with Crippen LogP contribution in [0, 0.1) is 11.3 Å². The van der Waals surface area contributed by atoms with Gasteiger partial charge in [-0.2, -0.15) is 5.26 Å². The number of amides is 1. The summed E-state index contributed by atoms with van der Waals surface area (Å²) in [5.41, 5.74) is 0.502. The average molecular weight is 345 g/mol. The lowest BCUT2D eigenvalue weighted by atomic mass is 10.1. The normalized spacial score (nSPS) is 10.8. The molecule has 2 aromatic carbocycles. The minimum atomic E-state index is -0.648. The van der Waals surface area contributed by atoms with Crippen LogP contribution < -0.4 is 10.1 Å². The molecule has 1 amide bonds. The Kier molecular flexibility index (Phi) is 5.30. The molecule has 0 radical (unpaired) electrons. The number of benzene rings is 2. The molecule has 0 saturated carbocycles. The number of rotatable bonds is 4. The van der Waals surface area contributed by atoms with Gasteiger partial charge in [0, 0.05) is 0 Å². The number of ether oxygens (including phenoxy) is 1. The Morgan fingerprint density at radius 3 is 2.67 bits per heavy atom. The highest BCUT2D eigenvalue weighted by Crippen LogP contribution is 2.34. The van der Waals surface area contributed by atoms with E-state index in [1.807, 2.05) is 0 Å². The van der Waals surface area contributed by atoms with Crippen LogP contribution in [0.2, 0.25) is 5.02 Å². The Morgan fingerprint density at radius 2 is 2.04 bits per heavy atom. The van der Waals surface area contributed by atoms with Gasteiger partial charge in [0.05, 0.1) is 17.8 Å². The second-order valence-electron chi connectivity index (χ2n) is 4.69. The molecule has 0 aliphatic carbocycles. The Labute approximate surface area is 143 Å². The van der Waals surface area contributed by atoms with Gasteiger partial charge in [0.15, 0.2) is 11.5 Å². The van der Waals surface area contributed by atoms with Gasteiger partial charge in [-0.05, 0) is 35.9 Å². The number of nitrogens with one attached hydrogen (secondary N) is 1. The molecule has 0 spiro atoms. The summed E-state index contributed by atoms with van der Waals surface area (Å²) in [5.74, 6) is -1.11. The van der Waals surface area contributed by atoms with Crippen LogP contribution in [0.15, 0.2) is 42.0 Å². The predicted molar refractivity (Wildman–Crippen MR) is 90.0 cm³/mol. The number of halogens is 1. The summed E-state index contributed by atoms with van der Waals surface area (Å²) in [7, 11) is 1.47. The highest BCUT2D eigenvalue weighted by atomic mass is 35.5. The van der Waals surface area contributed by atoms with E-state index in [-0.39, 0.29) is 10.6 Å². The molecule has 0 saturated heterocycles. The van der Waals surface area contributed by atoms with E-state index in [0.29, 0.717) is 17.0 Å². The minimum absolute atomic E-state index is 0.0938. The van der Waals surface area contributed by atoms with Crippen molar-refractivity contribution in [3.63, 3.8) is 0 Å². The monoisotopic (exact) mass is 344 g/mol. The summed E-state index contributed by atoms with van der Waals surface area (Å²) >= 11 is 5.76. The maximum absolute atomic E-state index is 12.3. The lowest BCUT2D eigenvalue weighted by molar-refractivity contribution is -0.112. The zero-order valence-electron chi connectivity index (χ0n) is 12.6. The molecule has 0 aliphatic rings. The number of phenols is 2. The first-order valence-corrected chi connectivity index (χ1v) is 7.11. The van der Waals surface area contributed by atoms with Crippen molar-refractivity contribution in [1.82, 2.24) is 0 Å². The van der Waals surface area contributed by atoms with Crippen LogP contribution in [0.1, 0.15) is 5.56 Å². The zero-order chi connectivity index (χ0) is 17.7. The van der Waals surface area contributed by atoms with E-state index in [0.717, 1.165) is 0 Å². The number of para-hydroxylation sites is 2. The van der Waals surface area contributed by atoms with E-state index in [9.17, 15) is 20.3 Å². The van der Waals surface area contributed by atoms with Crippen molar-refractivity contribution >= 4 is 29.3 Å². The molecular formula is C17H13ClN2O4. The Bertz CT molecular complexity index is 833. The fourth-order valence-electron chi connectivity index (χ4n) is 1.94. The summed E-state index contributed by atoms with van der Waals surface area (Å²) in [6.45, 7) is 0. The SMILES string of the molecule is COc1ccccc1NC(=O)/C(C#N)=C/c1cc(O)c(O)c(Cl)c1. The molecule has 6 nitrogen and oxygen atoms in total. The zero-order valence-corrected chi connectivity index (χ0v) is 13.3. The van der Waals surface area contributed by atoms with Gasteiger partial charge >= 0.3 is 0 Å². The van der Waals surface area contributed by atoms with Crippen molar-refractivity contribution in [1.29, 1.82) is 5.26 Å². The number of hydrogen-bond donors (Lipinski definition) is 3. The van der Waals surface area contributed by atoms with Crippen molar-refractivity contribution in [3.8, 4) is 23.3 Å². The molecule has 0 aliphatic heterocycles. The summed E-state index contributed by atoms with van der Waals surface area (Å²) in [6.07, 6.45) is 1.25. The van der Waals surface area contributed by atoms with Gasteiger partial charge in [-0.25, -0.2) is 0 Å². The Morgan fingerprint density at radius 1 is 1.33 bits per heavy atom. The number of nitrogens with zero attached hydrogens (tertiary/aromatic N) is 1. The number of anilines is 1. The first-order valence-electron chi connectivity index (χ1n) is 6.74. The molecule has 0 aromatic heterocycles. The molecule has 0 fully saturated rings. The molecule has 0 heterocycles. The molecule has 0 unspecified atom stereocenters. The molecule has 3 N–H and O–H groups in total. The van der Waals surface area contributed by atoms with E-state index >= 15 is 0 Å². The number of nitriles is 1. The van der Waals surface area contributed by atoms with Crippen LogP contribution in [0.3, 0.4) is 0 Å². The lowest BCUT2D eigenvalue weighted by Gasteiger charge is -2.09. The third-order valence-corrected chi connectivity index (χ3v) is 3.38. The van der Waals surface area contributed by atoms with Crippen LogP contribution in [-0.4, -0.2) is 23.2 Å². The number of aromatic hydroxyl groups is 2. The van der Waals surface area contributed by atoms with E-state index in [2.05, 4.69) is 5.32 Å². The number of carbonyl (C=O) groups is 1. The summed E-state index contributed by atoms with van der Waals surface area (Å²) < 4.78 is 5.13. The van der Waals surface area contributed by atoms with E-state index < -0.39 is 17.4 Å². The number of methoxy groups -OCH3 is 1. The largest absolute Gasteiger partial charge is 0.504 e. The van der Waals surface area contributed by atoms with E-state index in [4.69, 9.17) is 16.3 Å². The van der Waals surface area contributed by atoms with E-state index in [1.54, 1.807) is 30.3 Å². The minimum Gasteiger partial charge on any atom is -0.504 e. The second kappa shape index (κ2) is 7.40. The first kappa shape index (κ1) is 17.2. The number of phenolic OH excluding ortho intramolecular Hbond substituents is 2. The second-order valence-corrected chi connectivity index (χ2v) is 5.10. The molecule has 2 aromatic rings. The smallest absolute Gasteiger partial charge is 0.266 e. The van der Waals surface area contributed by atoms with Crippen molar-refractivity contribution in [2.45, 2.75) is 0 Å². The van der Waals surface area contributed by atoms with Crippen LogP contribution >= 0.6 is 11.6 Å². The molecule has 7 heteroatoms. The van der Waals surface area contributed by atoms with E-state index in [1.165, 1.54) is 25.3 Å². The highest BCUT2D eigenvalue weighted by Gasteiger charge is 2.13. The fraction of sp³-hybridized carbons (Fsp3) is 0.0588. The molecule has 0 bridgehead atoms. The van der Waals surface area contributed by atoms with Crippen LogP contribution in [0.4, 0.5) is 5.69 Å². The fourth-order valence-corrected chi connectivity index (χ4v) is 2.16. The van der Waals surface area contributed by atoms with Crippen molar-refractivity contribution in [2.75, 3.05) is 12.4 Å². The lowest BCUT2D eigenvalue weighted by Crippen LogP contribution is -2.14. The summed E-state index contributed by atoms with van der Waals surface area (Å²) in [4.78, 5) is 12.3. The molecule has 0 atom stereocenters. The number of carbonyl (C=O) groups excluding carboxylic acids is 1. The predicted octanol–water partition coefficient (Wildman–Crippen LogP) is 3.31. The maximum atomic E-state index is 12.3. The third-order valence-electron chi connectivity index (χ3n) is 3.10. The molecule has 122 valence electrons. The summed E-state index contributed by atoms with van der Waals surface area (Å²) in [6, 6.07) is 11.1. The van der Waals surface area contributed by atoms with Crippen molar-refractivity contribution < 1.29 is 19.7 Å². The van der Waals surface area contributed by atoms with Gasteiger partial charge in [-0.1, -0.05) is 23.7 Å². The van der Waals surface area contributed by atoms with Gasteiger partial charge < -0.3 is 20.3 Å². The van der Waals surface area contributed by atoms with Gasteiger partial charge in [-0.15, -0.1) is 0 Å². The standard InChI is InChI=1S/C17H13ClN2O4/c1-24-15-5-3-2-4-13(15)20-17(23)11(9-19)6-10-7-12(18)16(22)14(21)8-10/h2-8,21-22H,1H3,(H,20,23)/b11-6+. The van der Waals surface area contributed by atoms with Crippen LogP contribution in [0.5, 0.6) is 17.2 Å². The van der Waals surface area contributed by atoms with Crippen molar-refractivity contribution in [3.05, 3.63) is 52.6 Å². The first-order chi connectivity index (χ1) is 11.5. The molecule has 2 rings (SSSR count). The Hall–Kier alpha value is -3.17. The Balaban J connectivity index is 2.31. The average Bonchev–Trinajstić information content (AvgIpc) is 2.57. The van der Waals surface area contributed by atoms with Crippen LogP contribution in [-0.2, 0) is 4.79 Å². The van der Waals surface area contributed by atoms with Gasteiger partial charge in [0.1, 0.15) is 17.4 Å². The quantitative estimate of drug-likeness (QED) is 0.448. The topological polar surface area (TPSA) is 103 Å². The third kappa shape index (κ3) is 3.77.